The summed E-state index contributed by atoms with van der Waals surface area (Å²) in [5.41, 5.74) is -0.718. The summed E-state index contributed by atoms with van der Waals surface area (Å²) < 4.78 is 0. The summed E-state index contributed by atoms with van der Waals surface area (Å²) in [6.07, 6.45) is 5.65. The molecule has 2 N–H and O–H groups in total. The minimum atomic E-state index is -0.718. The predicted octanol–water partition coefficient (Wildman–Crippen LogP) is 1.44. The van der Waals surface area contributed by atoms with Gasteiger partial charge in [0.2, 0.25) is 11.8 Å². The first-order valence-corrected chi connectivity index (χ1v) is 8.21. The molecule has 5 nitrogen and oxygen atoms in total. The Kier molecular flexibility index (Phi) is 5.25. The Labute approximate surface area is 127 Å². The zero-order chi connectivity index (χ0) is 15.5. The number of aliphatic hydroxyl groups is 1. The molecule has 2 fully saturated rings. The Balaban J connectivity index is 1.96. The van der Waals surface area contributed by atoms with Crippen molar-refractivity contribution in [3.8, 4) is 0 Å². The molecule has 21 heavy (non-hydrogen) atoms. The molecule has 1 aliphatic carbocycles. The standard InChI is InChI=1S/C16H28N2O3/c1-12(2)10-13(18-9-4-3-6-14(18)19)15(20)17-11-16(21)7-5-8-16/h12-13,21H,3-11H2,1-2H3,(H,17,20). The molecule has 1 saturated heterocycles. The van der Waals surface area contributed by atoms with E-state index >= 15 is 0 Å². The molecule has 1 heterocycles. The van der Waals surface area contributed by atoms with Crippen LogP contribution < -0.4 is 5.32 Å². The van der Waals surface area contributed by atoms with Crippen molar-refractivity contribution in [2.24, 2.45) is 5.92 Å². The topological polar surface area (TPSA) is 69.6 Å². The van der Waals surface area contributed by atoms with Gasteiger partial charge in [-0.1, -0.05) is 13.8 Å². The van der Waals surface area contributed by atoms with Crippen molar-refractivity contribution in [3.63, 3.8) is 0 Å². The Morgan fingerprint density at radius 3 is 2.57 bits per heavy atom. The molecule has 2 rings (SSSR count). The first-order chi connectivity index (χ1) is 9.91. The molecule has 0 bridgehead atoms. The van der Waals surface area contributed by atoms with Crippen molar-refractivity contribution in [2.45, 2.75) is 70.4 Å². The number of amides is 2. The third-order valence-corrected chi connectivity index (χ3v) is 4.61. The summed E-state index contributed by atoms with van der Waals surface area (Å²) >= 11 is 0. The van der Waals surface area contributed by atoms with Gasteiger partial charge >= 0.3 is 0 Å². The molecule has 0 aromatic heterocycles. The van der Waals surface area contributed by atoms with Crippen molar-refractivity contribution in [2.75, 3.05) is 13.1 Å². The Morgan fingerprint density at radius 2 is 2.05 bits per heavy atom. The van der Waals surface area contributed by atoms with Gasteiger partial charge in [-0.15, -0.1) is 0 Å². The van der Waals surface area contributed by atoms with Gasteiger partial charge in [0, 0.05) is 19.5 Å². The maximum Gasteiger partial charge on any atom is 0.242 e. The van der Waals surface area contributed by atoms with Gasteiger partial charge in [-0.3, -0.25) is 9.59 Å². The van der Waals surface area contributed by atoms with Crippen molar-refractivity contribution in [3.05, 3.63) is 0 Å². The second-order valence-electron chi connectivity index (χ2n) is 6.99. The summed E-state index contributed by atoms with van der Waals surface area (Å²) in [6.45, 7) is 5.11. The molecule has 2 aliphatic rings. The van der Waals surface area contributed by atoms with Crippen LogP contribution in [0.4, 0.5) is 0 Å². The van der Waals surface area contributed by atoms with Crippen LogP contribution in [0.25, 0.3) is 0 Å². The highest BCUT2D eigenvalue weighted by molar-refractivity contribution is 5.88. The molecular formula is C16H28N2O3. The Morgan fingerprint density at radius 1 is 1.33 bits per heavy atom. The van der Waals surface area contributed by atoms with Crippen LogP contribution in [0.15, 0.2) is 0 Å². The second-order valence-corrected chi connectivity index (χ2v) is 6.99. The van der Waals surface area contributed by atoms with E-state index in [9.17, 15) is 14.7 Å². The molecule has 0 radical (unpaired) electrons. The number of carbonyl (C=O) groups excluding carboxylic acids is 2. The fraction of sp³-hybridized carbons (Fsp3) is 0.875. The van der Waals surface area contributed by atoms with Gasteiger partial charge in [-0.05, 0) is 44.4 Å². The zero-order valence-electron chi connectivity index (χ0n) is 13.2. The monoisotopic (exact) mass is 296 g/mol. The maximum absolute atomic E-state index is 12.5. The number of likely N-dealkylation sites (tertiary alicyclic amines) is 1. The van der Waals surface area contributed by atoms with Gasteiger partial charge in [-0.25, -0.2) is 0 Å². The molecule has 1 atom stereocenters. The lowest BCUT2D eigenvalue weighted by molar-refractivity contribution is -0.143. The molecule has 1 saturated carbocycles. The summed E-state index contributed by atoms with van der Waals surface area (Å²) in [5.74, 6) is 0.325. The number of nitrogens with one attached hydrogen (secondary N) is 1. The first-order valence-electron chi connectivity index (χ1n) is 8.21. The normalized spacial score (nSPS) is 22.9. The molecule has 120 valence electrons. The lowest BCUT2D eigenvalue weighted by Gasteiger charge is -2.38. The summed E-state index contributed by atoms with van der Waals surface area (Å²) in [4.78, 5) is 26.3. The van der Waals surface area contributed by atoms with Gasteiger partial charge in [-0.2, -0.15) is 0 Å². The smallest absolute Gasteiger partial charge is 0.242 e. The van der Waals surface area contributed by atoms with E-state index in [-0.39, 0.29) is 17.9 Å². The van der Waals surface area contributed by atoms with E-state index < -0.39 is 5.60 Å². The third-order valence-electron chi connectivity index (χ3n) is 4.61. The SMILES string of the molecule is CC(C)CC(C(=O)NCC1(O)CCC1)N1CCCCC1=O. The summed E-state index contributed by atoms with van der Waals surface area (Å²) in [6, 6.07) is -0.388. The van der Waals surface area contributed by atoms with Crippen molar-refractivity contribution < 1.29 is 14.7 Å². The van der Waals surface area contributed by atoms with Gasteiger partial charge in [0.05, 0.1) is 5.60 Å². The minimum absolute atomic E-state index is 0.0874. The highest BCUT2D eigenvalue weighted by Gasteiger charge is 2.37. The van der Waals surface area contributed by atoms with Crippen LogP contribution in [0.5, 0.6) is 0 Å². The lowest BCUT2D eigenvalue weighted by Crippen LogP contribution is -2.55. The van der Waals surface area contributed by atoms with Crippen molar-refractivity contribution in [1.82, 2.24) is 10.2 Å². The van der Waals surface area contributed by atoms with E-state index in [0.717, 1.165) is 32.1 Å². The largest absolute Gasteiger partial charge is 0.388 e. The predicted molar refractivity (Wildman–Crippen MR) is 80.6 cm³/mol. The van der Waals surface area contributed by atoms with Crippen LogP contribution in [0.2, 0.25) is 0 Å². The van der Waals surface area contributed by atoms with Crippen LogP contribution in [-0.2, 0) is 9.59 Å². The van der Waals surface area contributed by atoms with Gasteiger partial charge < -0.3 is 15.3 Å². The fourth-order valence-corrected chi connectivity index (χ4v) is 3.11. The molecule has 0 aromatic carbocycles. The van der Waals surface area contributed by atoms with Gasteiger partial charge in [0.15, 0.2) is 0 Å². The molecular weight excluding hydrogens is 268 g/mol. The quantitative estimate of drug-likeness (QED) is 0.779. The number of hydrogen-bond acceptors (Lipinski definition) is 3. The number of piperidine rings is 1. The van der Waals surface area contributed by atoms with Crippen LogP contribution in [-0.4, -0.2) is 46.6 Å². The molecule has 0 spiro atoms. The van der Waals surface area contributed by atoms with E-state index in [0.29, 0.717) is 31.8 Å². The number of carbonyl (C=O) groups is 2. The first kappa shape index (κ1) is 16.3. The molecule has 1 aliphatic heterocycles. The highest BCUT2D eigenvalue weighted by atomic mass is 16.3. The molecule has 1 unspecified atom stereocenters. The van der Waals surface area contributed by atoms with Crippen LogP contribution in [0, 0.1) is 5.92 Å². The van der Waals surface area contributed by atoms with Crippen LogP contribution >= 0.6 is 0 Å². The molecule has 2 amide bonds. The maximum atomic E-state index is 12.5. The average molecular weight is 296 g/mol. The third kappa shape index (κ3) is 4.19. The average Bonchev–Trinajstić information content (AvgIpc) is 2.41. The van der Waals surface area contributed by atoms with E-state index in [4.69, 9.17) is 0 Å². The van der Waals surface area contributed by atoms with Gasteiger partial charge in [0.25, 0.3) is 0 Å². The van der Waals surface area contributed by atoms with E-state index in [1.807, 2.05) is 0 Å². The minimum Gasteiger partial charge on any atom is -0.388 e. The summed E-state index contributed by atoms with van der Waals surface area (Å²) in [7, 11) is 0. The number of nitrogens with zero attached hydrogens (tertiary/aromatic N) is 1. The highest BCUT2D eigenvalue weighted by Crippen LogP contribution is 2.30. The Hall–Kier alpha value is -1.10. The van der Waals surface area contributed by atoms with Crippen molar-refractivity contribution >= 4 is 11.8 Å². The molecule has 0 aromatic rings. The number of rotatable bonds is 6. The fourth-order valence-electron chi connectivity index (χ4n) is 3.11. The van der Waals surface area contributed by atoms with E-state index in [1.165, 1.54) is 0 Å². The number of hydrogen-bond donors (Lipinski definition) is 2. The lowest BCUT2D eigenvalue weighted by atomic mass is 9.80. The van der Waals surface area contributed by atoms with Crippen LogP contribution in [0.3, 0.4) is 0 Å². The van der Waals surface area contributed by atoms with E-state index in [1.54, 1.807) is 4.90 Å². The second kappa shape index (κ2) is 6.77. The molecule has 5 heteroatoms. The van der Waals surface area contributed by atoms with E-state index in [2.05, 4.69) is 19.2 Å². The van der Waals surface area contributed by atoms with Crippen LogP contribution in [0.1, 0.15) is 58.8 Å². The van der Waals surface area contributed by atoms with Gasteiger partial charge in [0.1, 0.15) is 6.04 Å². The zero-order valence-corrected chi connectivity index (χ0v) is 13.2. The Bertz CT molecular complexity index is 391. The van der Waals surface area contributed by atoms with Crippen molar-refractivity contribution in [1.29, 1.82) is 0 Å². The summed E-state index contributed by atoms with van der Waals surface area (Å²) in [5, 5.41) is 13.0.